The van der Waals surface area contributed by atoms with Crippen LogP contribution in [0.5, 0.6) is 17.2 Å². The summed E-state index contributed by atoms with van der Waals surface area (Å²) in [5.41, 5.74) is 5.72. The first-order valence-electron chi connectivity index (χ1n) is 11.2. The lowest BCUT2D eigenvalue weighted by atomic mass is 10.1. The molecule has 36 heavy (non-hydrogen) atoms. The fraction of sp³-hybridized carbons (Fsp3) is 0.222. The van der Waals surface area contributed by atoms with E-state index in [1.807, 2.05) is 47.4 Å². The Labute approximate surface area is 214 Å². The molecule has 0 unspecified atom stereocenters. The highest BCUT2D eigenvalue weighted by Crippen LogP contribution is 2.40. The first kappa shape index (κ1) is 25.1. The van der Waals surface area contributed by atoms with Crippen LogP contribution in [0.4, 0.5) is 0 Å². The third-order valence-electron chi connectivity index (χ3n) is 5.69. The van der Waals surface area contributed by atoms with Crippen LogP contribution in [0.25, 0.3) is 0 Å². The summed E-state index contributed by atoms with van der Waals surface area (Å²) >= 11 is 1.59. The zero-order chi connectivity index (χ0) is 25.5. The fourth-order valence-electron chi connectivity index (χ4n) is 3.89. The van der Waals surface area contributed by atoms with Crippen molar-refractivity contribution in [1.29, 1.82) is 0 Å². The Hall–Kier alpha value is -3.98. The summed E-state index contributed by atoms with van der Waals surface area (Å²) in [4.78, 5) is 27.0. The lowest BCUT2D eigenvalue weighted by Gasteiger charge is -2.24. The lowest BCUT2D eigenvalue weighted by Crippen LogP contribution is -2.27. The highest BCUT2D eigenvalue weighted by molar-refractivity contribution is 8.00. The molecule has 1 aliphatic heterocycles. The number of thioether (sulfide) groups is 1. The second-order valence-electron chi connectivity index (χ2n) is 7.95. The number of nitrogens with zero attached hydrogens (tertiary/aromatic N) is 2. The summed E-state index contributed by atoms with van der Waals surface area (Å²) in [6.45, 7) is 0.551. The van der Waals surface area contributed by atoms with Gasteiger partial charge in [-0.2, -0.15) is 5.10 Å². The molecule has 0 radical (unpaired) electrons. The molecule has 186 valence electrons. The molecule has 0 aliphatic carbocycles. The second kappa shape index (κ2) is 11.6. The molecular formula is C27H27N3O5S. The van der Waals surface area contributed by atoms with Crippen LogP contribution in [0.1, 0.15) is 32.4 Å². The van der Waals surface area contributed by atoms with Crippen molar-refractivity contribution in [3.63, 3.8) is 0 Å². The van der Waals surface area contributed by atoms with Crippen LogP contribution in [0.3, 0.4) is 0 Å². The van der Waals surface area contributed by atoms with Crippen molar-refractivity contribution in [3.8, 4) is 17.2 Å². The van der Waals surface area contributed by atoms with Crippen LogP contribution in [0, 0.1) is 0 Å². The predicted octanol–water partition coefficient (Wildman–Crippen LogP) is 4.25. The molecule has 1 saturated heterocycles. The molecule has 1 heterocycles. The van der Waals surface area contributed by atoms with Crippen molar-refractivity contribution in [2.75, 3.05) is 27.1 Å². The summed E-state index contributed by atoms with van der Waals surface area (Å²) in [5.74, 6) is 1.66. The number of nitrogens with one attached hydrogen (secondary N) is 1. The van der Waals surface area contributed by atoms with E-state index < -0.39 is 0 Å². The topological polar surface area (TPSA) is 89.5 Å². The number of methoxy groups -OCH3 is 3. The van der Waals surface area contributed by atoms with Crippen molar-refractivity contribution in [3.05, 3.63) is 89.0 Å². The van der Waals surface area contributed by atoms with Gasteiger partial charge in [0.05, 0.1) is 33.3 Å². The van der Waals surface area contributed by atoms with Crippen LogP contribution < -0.4 is 19.6 Å². The summed E-state index contributed by atoms with van der Waals surface area (Å²) in [7, 11) is 4.60. The average Bonchev–Trinajstić information content (AvgIpc) is 3.28. The molecule has 0 saturated carbocycles. The molecule has 0 spiro atoms. The molecule has 4 rings (SSSR count). The minimum absolute atomic E-state index is 0.0899. The van der Waals surface area contributed by atoms with Gasteiger partial charge in [0.2, 0.25) is 11.7 Å². The van der Waals surface area contributed by atoms with Gasteiger partial charge in [-0.3, -0.25) is 9.59 Å². The van der Waals surface area contributed by atoms with Crippen molar-refractivity contribution in [2.45, 2.75) is 11.9 Å². The van der Waals surface area contributed by atoms with Gasteiger partial charge >= 0.3 is 0 Å². The summed E-state index contributed by atoms with van der Waals surface area (Å²) in [5, 5.41) is 3.97. The van der Waals surface area contributed by atoms with Gasteiger partial charge in [0, 0.05) is 17.7 Å². The molecule has 1 fully saturated rings. The molecule has 3 aromatic rings. The molecule has 2 amide bonds. The Balaban J connectivity index is 1.41. The molecule has 3 aromatic carbocycles. The van der Waals surface area contributed by atoms with Gasteiger partial charge in [-0.15, -0.1) is 11.8 Å². The van der Waals surface area contributed by atoms with Crippen LogP contribution >= 0.6 is 11.8 Å². The van der Waals surface area contributed by atoms with E-state index in [1.54, 1.807) is 36.0 Å². The molecule has 9 heteroatoms. The minimum Gasteiger partial charge on any atom is -0.493 e. The Morgan fingerprint density at radius 1 is 1.03 bits per heavy atom. The van der Waals surface area contributed by atoms with Crippen LogP contribution in [-0.2, 0) is 11.3 Å². The Morgan fingerprint density at radius 2 is 1.69 bits per heavy atom. The normalized spacial score (nSPS) is 15.2. The number of amides is 2. The summed E-state index contributed by atoms with van der Waals surface area (Å²) in [6.07, 6.45) is 1.50. The maximum Gasteiger partial charge on any atom is 0.271 e. The predicted molar refractivity (Wildman–Crippen MR) is 140 cm³/mol. The van der Waals surface area contributed by atoms with Gasteiger partial charge in [0.1, 0.15) is 5.37 Å². The molecule has 0 aromatic heterocycles. The molecule has 1 atom stereocenters. The van der Waals surface area contributed by atoms with Gasteiger partial charge in [-0.1, -0.05) is 42.5 Å². The van der Waals surface area contributed by atoms with Crippen molar-refractivity contribution < 1.29 is 23.8 Å². The van der Waals surface area contributed by atoms with Gasteiger partial charge in [-0.25, -0.2) is 5.43 Å². The molecule has 8 nitrogen and oxygen atoms in total. The van der Waals surface area contributed by atoms with E-state index in [-0.39, 0.29) is 17.2 Å². The number of hydrogen-bond acceptors (Lipinski definition) is 7. The third kappa shape index (κ3) is 5.63. The van der Waals surface area contributed by atoms with Crippen LogP contribution in [-0.4, -0.2) is 50.0 Å². The standard InChI is InChI=1S/C27H27N3O5S/c1-33-22-13-19(14-23(34-2)25(22)35-3)15-28-29-26(32)20-9-11-21(12-10-20)27-30(24(31)17-36-27)16-18-7-5-4-6-8-18/h4-15,27H,16-17H2,1-3H3,(H,29,32)/b28-15-/t27-/m1/s1. The SMILES string of the molecule is COc1cc(/C=N\NC(=O)c2ccc([C@H]3SCC(=O)N3Cc3ccccc3)cc2)cc(OC)c1OC. The third-order valence-corrected chi connectivity index (χ3v) is 6.94. The van der Waals surface area contributed by atoms with E-state index in [2.05, 4.69) is 10.5 Å². The highest BCUT2D eigenvalue weighted by atomic mass is 32.2. The van der Waals surface area contributed by atoms with E-state index in [0.29, 0.717) is 40.7 Å². The molecular weight excluding hydrogens is 478 g/mol. The molecule has 1 N–H and O–H groups in total. The number of hydrazone groups is 1. The largest absolute Gasteiger partial charge is 0.493 e. The van der Waals surface area contributed by atoms with Gasteiger partial charge < -0.3 is 19.1 Å². The van der Waals surface area contributed by atoms with E-state index in [9.17, 15) is 9.59 Å². The number of carbonyl (C=O) groups is 2. The smallest absolute Gasteiger partial charge is 0.271 e. The van der Waals surface area contributed by atoms with Gasteiger partial charge in [0.25, 0.3) is 5.91 Å². The van der Waals surface area contributed by atoms with Crippen molar-refractivity contribution in [1.82, 2.24) is 10.3 Å². The maximum absolute atomic E-state index is 12.6. The van der Waals surface area contributed by atoms with Crippen molar-refractivity contribution in [2.24, 2.45) is 5.10 Å². The second-order valence-corrected chi connectivity index (χ2v) is 9.02. The lowest BCUT2D eigenvalue weighted by molar-refractivity contribution is -0.128. The van der Waals surface area contributed by atoms with Crippen molar-refractivity contribution >= 4 is 29.8 Å². The van der Waals surface area contributed by atoms with Crippen LogP contribution in [0.15, 0.2) is 71.8 Å². The minimum atomic E-state index is -0.346. The van der Waals surface area contributed by atoms with Gasteiger partial charge in [-0.05, 0) is 35.4 Å². The van der Waals surface area contributed by atoms with E-state index in [0.717, 1.165) is 11.1 Å². The zero-order valence-corrected chi connectivity index (χ0v) is 21.1. The Kier molecular flexibility index (Phi) is 8.12. The monoisotopic (exact) mass is 505 g/mol. The van der Waals surface area contributed by atoms with Gasteiger partial charge in [0.15, 0.2) is 11.5 Å². The number of rotatable bonds is 9. The summed E-state index contributed by atoms with van der Waals surface area (Å²) in [6, 6.07) is 20.6. The first-order chi connectivity index (χ1) is 17.5. The highest BCUT2D eigenvalue weighted by Gasteiger charge is 2.32. The van der Waals surface area contributed by atoms with Crippen LogP contribution in [0.2, 0.25) is 0 Å². The zero-order valence-electron chi connectivity index (χ0n) is 20.3. The molecule has 1 aliphatic rings. The number of ether oxygens (including phenoxy) is 3. The fourth-order valence-corrected chi connectivity index (χ4v) is 5.07. The van der Waals surface area contributed by atoms with E-state index >= 15 is 0 Å². The Morgan fingerprint density at radius 3 is 2.31 bits per heavy atom. The summed E-state index contributed by atoms with van der Waals surface area (Å²) < 4.78 is 16.0. The number of carbonyl (C=O) groups excluding carboxylic acids is 2. The van der Waals surface area contributed by atoms with E-state index in [1.165, 1.54) is 27.5 Å². The molecule has 0 bridgehead atoms. The first-order valence-corrected chi connectivity index (χ1v) is 12.3. The number of benzene rings is 3. The maximum atomic E-state index is 12.6. The quantitative estimate of drug-likeness (QED) is 0.346. The van der Waals surface area contributed by atoms with E-state index in [4.69, 9.17) is 14.2 Å². The average molecular weight is 506 g/mol. The Bertz CT molecular complexity index is 1220. The number of hydrogen-bond donors (Lipinski definition) is 1.